The molecule has 2 aromatic carbocycles. The van der Waals surface area contributed by atoms with Crippen molar-refractivity contribution in [3.05, 3.63) is 53.1 Å². The monoisotopic (exact) mass is 559 g/mol. The number of likely N-dealkylation sites (N-methyl/N-ethyl adjacent to an activating group) is 1. The number of fused-ring (bicyclic) bond motifs is 5. The first-order valence-electron chi connectivity index (χ1n) is 15.0. The Balaban J connectivity index is 1.52. The molecule has 1 unspecified atom stereocenters. The number of ether oxygens (including phenoxy) is 2. The van der Waals surface area contributed by atoms with Crippen molar-refractivity contribution in [2.75, 3.05) is 27.2 Å². The van der Waals surface area contributed by atoms with Gasteiger partial charge in [-0.3, -0.25) is 0 Å². The number of amides is 2. The summed E-state index contributed by atoms with van der Waals surface area (Å²) in [6.07, 6.45) is 6.59. The number of benzene rings is 2. The lowest BCUT2D eigenvalue weighted by molar-refractivity contribution is -0.0586. The highest BCUT2D eigenvalue weighted by Gasteiger charge is 2.35. The lowest BCUT2D eigenvalue weighted by Gasteiger charge is -2.39. The maximum Gasteiger partial charge on any atom is 0.335 e. The average molecular weight is 560 g/mol. The van der Waals surface area contributed by atoms with Crippen molar-refractivity contribution in [3.63, 3.8) is 0 Å². The van der Waals surface area contributed by atoms with Gasteiger partial charge in [0.25, 0.3) is 0 Å². The summed E-state index contributed by atoms with van der Waals surface area (Å²) in [6, 6.07) is 11.7. The van der Waals surface area contributed by atoms with E-state index in [0.29, 0.717) is 32.0 Å². The minimum atomic E-state index is -0.931. The average Bonchev–Trinajstić information content (AvgIpc) is 3.18. The van der Waals surface area contributed by atoms with Crippen LogP contribution < -0.4 is 4.74 Å². The number of aromatic carboxylic acids is 1. The van der Waals surface area contributed by atoms with E-state index < -0.39 is 5.97 Å². The van der Waals surface area contributed by atoms with E-state index in [-0.39, 0.29) is 29.8 Å². The molecule has 3 atom stereocenters. The van der Waals surface area contributed by atoms with Crippen LogP contribution in [0.4, 0.5) is 4.79 Å². The summed E-state index contributed by atoms with van der Waals surface area (Å²) in [5, 5.41) is 11.0. The molecular weight excluding hydrogens is 518 g/mol. The number of rotatable bonds is 4. The smallest absolute Gasteiger partial charge is 0.335 e. The fraction of sp³-hybridized carbons (Fsp3) is 0.515. The van der Waals surface area contributed by atoms with Crippen LogP contribution >= 0.6 is 0 Å². The second kappa shape index (κ2) is 11.0. The second-order valence-corrected chi connectivity index (χ2v) is 12.2. The molecule has 218 valence electrons. The van der Waals surface area contributed by atoms with Gasteiger partial charge in [0.1, 0.15) is 5.75 Å². The van der Waals surface area contributed by atoms with Crippen LogP contribution in [-0.4, -0.2) is 77.0 Å². The number of aromatic nitrogens is 1. The van der Waals surface area contributed by atoms with Crippen LogP contribution in [0.25, 0.3) is 22.2 Å². The summed E-state index contributed by atoms with van der Waals surface area (Å²) in [5.41, 5.74) is 6.01. The summed E-state index contributed by atoms with van der Waals surface area (Å²) >= 11 is 0. The van der Waals surface area contributed by atoms with Gasteiger partial charge >= 0.3 is 12.0 Å². The molecule has 2 amide bonds. The SMILES string of the molecule is COc1ccc2c(c1)CC(N(C)C(=O)N1C[C@@H](C)O[C@@H](C)C1)Cn1c-2c(C2CCCCC2)c2ccc(C(=O)O)cc21. The number of carboxylic acids is 1. The number of carbonyl (C=O) groups excluding carboxylic acids is 1. The van der Waals surface area contributed by atoms with E-state index in [1.54, 1.807) is 13.2 Å². The molecule has 1 saturated heterocycles. The Kier molecular flexibility index (Phi) is 7.45. The van der Waals surface area contributed by atoms with Crippen molar-refractivity contribution in [1.82, 2.24) is 14.4 Å². The van der Waals surface area contributed by atoms with E-state index in [1.165, 1.54) is 30.5 Å². The highest BCUT2D eigenvalue weighted by atomic mass is 16.5. The number of carboxylic acid groups (broad SMARTS) is 1. The fourth-order valence-corrected chi connectivity index (χ4v) is 7.39. The minimum Gasteiger partial charge on any atom is -0.497 e. The predicted molar refractivity (Wildman–Crippen MR) is 159 cm³/mol. The highest BCUT2D eigenvalue weighted by Crippen LogP contribution is 2.47. The first kappa shape index (κ1) is 27.6. The van der Waals surface area contributed by atoms with E-state index in [4.69, 9.17) is 9.47 Å². The van der Waals surface area contributed by atoms with Gasteiger partial charge in [-0.05, 0) is 80.5 Å². The zero-order valence-corrected chi connectivity index (χ0v) is 24.6. The molecule has 3 heterocycles. The van der Waals surface area contributed by atoms with Crippen LogP contribution in [0.3, 0.4) is 0 Å². The van der Waals surface area contributed by atoms with Gasteiger partial charge in [-0.1, -0.05) is 25.3 Å². The van der Waals surface area contributed by atoms with Crippen molar-refractivity contribution < 1.29 is 24.2 Å². The largest absolute Gasteiger partial charge is 0.497 e. The van der Waals surface area contributed by atoms with Crippen LogP contribution in [0.2, 0.25) is 0 Å². The quantitative estimate of drug-likeness (QED) is 0.415. The number of urea groups is 1. The molecule has 1 saturated carbocycles. The summed E-state index contributed by atoms with van der Waals surface area (Å²) in [5.74, 6) is 0.282. The number of hydrogen-bond donors (Lipinski definition) is 1. The summed E-state index contributed by atoms with van der Waals surface area (Å²) in [4.78, 5) is 29.7. The van der Waals surface area contributed by atoms with Crippen LogP contribution in [0.5, 0.6) is 5.75 Å². The normalized spacial score (nSPS) is 23.0. The van der Waals surface area contributed by atoms with Gasteiger partial charge in [-0.25, -0.2) is 9.59 Å². The van der Waals surface area contributed by atoms with Crippen molar-refractivity contribution >= 4 is 22.9 Å². The summed E-state index contributed by atoms with van der Waals surface area (Å²) in [7, 11) is 3.59. The lowest BCUT2D eigenvalue weighted by Crippen LogP contribution is -2.54. The number of nitrogens with zero attached hydrogens (tertiary/aromatic N) is 3. The molecule has 3 aromatic rings. The third-order valence-corrected chi connectivity index (χ3v) is 9.32. The Morgan fingerprint density at radius 3 is 2.41 bits per heavy atom. The molecule has 0 spiro atoms. The fourth-order valence-electron chi connectivity index (χ4n) is 7.39. The van der Waals surface area contributed by atoms with Gasteiger partial charge in [-0.2, -0.15) is 0 Å². The molecule has 1 aliphatic carbocycles. The first-order valence-corrected chi connectivity index (χ1v) is 15.0. The molecule has 1 N–H and O–H groups in total. The van der Waals surface area contributed by atoms with Crippen LogP contribution in [0, 0.1) is 0 Å². The Morgan fingerprint density at radius 1 is 1.00 bits per heavy atom. The number of morpholine rings is 1. The zero-order valence-electron chi connectivity index (χ0n) is 24.6. The lowest BCUT2D eigenvalue weighted by atomic mass is 9.81. The molecule has 2 fully saturated rings. The van der Waals surface area contributed by atoms with Gasteiger partial charge in [0.05, 0.1) is 36.6 Å². The molecule has 0 bridgehead atoms. The summed E-state index contributed by atoms with van der Waals surface area (Å²) in [6.45, 7) is 5.73. The van der Waals surface area contributed by atoms with Gasteiger partial charge in [-0.15, -0.1) is 0 Å². The topological polar surface area (TPSA) is 84.2 Å². The van der Waals surface area contributed by atoms with E-state index in [0.717, 1.165) is 40.6 Å². The third-order valence-electron chi connectivity index (χ3n) is 9.32. The van der Waals surface area contributed by atoms with Crippen LogP contribution in [0.15, 0.2) is 36.4 Å². The molecule has 41 heavy (non-hydrogen) atoms. The first-order chi connectivity index (χ1) is 19.7. The van der Waals surface area contributed by atoms with Crippen molar-refractivity contribution in [3.8, 4) is 17.0 Å². The molecule has 6 rings (SSSR count). The maximum atomic E-state index is 13.9. The molecule has 3 aliphatic rings. The van der Waals surface area contributed by atoms with Crippen molar-refractivity contribution in [2.24, 2.45) is 0 Å². The van der Waals surface area contributed by atoms with Crippen molar-refractivity contribution in [1.29, 1.82) is 0 Å². The summed E-state index contributed by atoms with van der Waals surface area (Å²) < 4.78 is 13.8. The van der Waals surface area contributed by atoms with Gasteiger partial charge < -0.3 is 28.9 Å². The van der Waals surface area contributed by atoms with Crippen LogP contribution in [0.1, 0.15) is 73.4 Å². The number of methoxy groups -OCH3 is 1. The van der Waals surface area contributed by atoms with E-state index in [9.17, 15) is 14.7 Å². The highest BCUT2D eigenvalue weighted by molar-refractivity contribution is 5.98. The molecule has 0 radical (unpaired) electrons. The zero-order chi connectivity index (χ0) is 28.8. The van der Waals surface area contributed by atoms with Gasteiger partial charge in [0.2, 0.25) is 0 Å². The van der Waals surface area contributed by atoms with E-state index in [2.05, 4.69) is 16.7 Å². The number of carbonyl (C=O) groups is 2. The third kappa shape index (κ3) is 5.07. The molecular formula is C33H41N3O5. The molecule has 1 aromatic heterocycles. The van der Waals surface area contributed by atoms with Crippen LogP contribution in [-0.2, 0) is 17.7 Å². The standard InChI is InChI=1S/C33H41N3O5/c1-20-17-35(18-21(2)41-20)33(39)34(3)25-14-24-15-26(40-4)11-13-27(24)31-30(22-8-6-5-7-9-22)28-12-10-23(32(37)38)16-29(28)36(31)19-25/h10-13,15-16,20-22,25H,5-9,14,17-19H2,1-4H3,(H,37,38)/t20-,21+,25?. The molecule has 8 nitrogen and oxygen atoms in total. The Hall–Kier alpha value is -3.52. The Labute approximate surface area is 241 Å². The van der Waals surface area contributed by atoms with E-state index in [1.807, 2.05) is 48.9 Å². The van der Waals surface area contributed by atoms with Crippen molar-refractivity contribution in [2.45, 2.75) is 83.1 Å². The van der Waals surface area contributed by atoms with Gasteiger partial charge in [0.15, 0.2) is 0 Å². The Bertz CT molecular complexity index is 1460. The van der Waals surface area contributed by atoms with E-state index >= 15 is 0 Å². The predicted octanol–water partition coefficient (Wildman–Crippen LogP) is 6.15. The maximum absolute atomic E-state index is 13.9. The van der Waals surface area contributed by atoms with Gasteiger partial charge in [0, 0.05) is 43.1 Å². The molecule has 8 heteroatoms. The second-order valence-electron chi connectivity index (χ2n) is 12.2. The minimum absolute atomic E-state index is 0.0000804. The molecule has 2 aliphatic heterocycles. The number of hydrogen-bond acceptors (Lipinski definition) is 4. The Morgan fingerprint density at radius 2 is 1.73 bits per heavy atom.